The van der Waals surface area contributed by atoms with Crippen molar-refractivity contribution in [1.82, 2.24) is 0 Å². The minimum Gasteiger partial charge on any atom is -0.299 e. The first-order valence-corrected chi connectivity index (χ1v) is 5.04. The summed E-state index contributed by atoms with van der Waals surface area (Å²) in [7, 11) is 0. The minimum absolute atomic E-state index is 0.363. The zero-order chi connectivity index (χ0) is 9.97. The highest BCUT2D eigenvalue weighted by Crippen LogP contribution is 2.27. The number of hydrogen-bond acceptors (Lipinski definition) is 1. The van der Waals surface area contributed by atoms with E-state index in [0.717, 1.165) is 6.42 Å². The van der Waals surface area contributed by atoms with Crippen LogP contribution in [0.25, 0.3) is 5.57 Å². The highest BCUT2D eigenvalue weighted by Gasteiger charge is 2.12. The van der Waals surface area contributed by atoms with Gasteiger partial charge in [-0.25, -0.2) is 0 Å². The van der Waals surface area contributed by atoms with E-state index in [2.05, 4.69) is 31.2 Å². The van der Waals surface area contributed by atoms with Crippen molar-refractivity contribution >= 4 is 11.4 Å². The van der Waals surface area contributed by atoms with E-state index in [1.165, 1.54) is 16.7 Å². The normalized spacial score (nSPS) is 16.6. The van der Waals surface area contributed by atoms with Gasteiger partial charge in [-0.2, -0.15) is 0 Å². The van der Waals surface area contributed by atoms with Gasteiger partial charge in [0.1, 0.15) is 5.78 Å². The molecular weight excluding hydrogens is 172 g/mol. The smallest absolute Gasteiger partial charge is 0.137 e. The quantitative estimate of drug-likeness (QED) is 0.658. The lowest BCUT2D eigenvalue weighted by Crippen LogP contribution is -2.03. The Labute approximate surface area is 84.5 Å². The molecule has 2 rings (SSSR count). The Hall–Kier alpha value is -1.37. The number of benzene rings is 1. The maximum absolute atomic E-state index is 11.1. The number of Topliss-reactive ketones (excluding diaryl/α,β-unsaturated/α-hetero) is 1. The number of aryl methyl sites for hydroxylation is 1. The zero-order valence-corrected chi connectivity index (χ0v) is 8.42. The first-order chi connectivity index (χ1) is 6.77. The lowest BCUT2D eigenvalue weighted by atomic mass is 9.91. The number of ketones is 1. The molecule has 1 nitrogen and oxygen atoms in total. The molecule has 0 radical (unpaired) electrons. The van der Waals surface area contributed by atoms with Crippen LogP contribution >= 0.6 is 0 Å². The molecule has 1 aliphatic carbocycles. The van der Waals surface area contributed by atoms with E-state index in [4.69, 9.17) is 0 Å². The third kappa shape index (κ3) is 1.77. The summed E-state index contributed by atoms with van der Waals surface area (Å²) in [5.74, 6) is 0.363. The lowest BCUT2D eigenvalue weighted by Gasteiger charge is -2.14. The molecular formula is C13H14O. The second-order valence-electron chi connectivity index (χ2n) is 3.79. The highest BCUT2D eigenvalue weighted by molar-refractivity contribution is 5.87. The van der Waals surface area contributed by atoms with Gasteiger partial charge in [-0.3, -0.25) is 4.79 Å². The molecule has 0 amide bonds. The first-order valence-electron chi connectivity index (χ1n) is 5.04. The zero-order valence-electron chi connectivity index (χ0n) is 8.42. The van der Waals surface area contributed by atoms with Gasteiger partial charge in [0, 0.05) is 12.8 Å². The van der Waals surface area contributed by atoms with Gasteiger partial charge in [-0.1, -0.05) is 30.3 Å². The Balaban J connectivity index is 2.32. The average molecular weight is 186 g/mol. The molecule has 0 heterocycles. The van der Waals surface area contributed by atoms with E-state index in [1.807, 2.05) is 6.07 Å². The van der Waals surface area contributed by atoms with E-state index in [-0.39, 0.29) is 0 Å². The van der Waals surface area contributed by atoms with Crippen molar-refractivity contribution in [3.8, 4) is 0 Å². The van der Waals surface area contributed by atoms with Crippen LogP contribution in [0.4, 0.5) is 0 Å². The largest absolute Gasteiger partial charge is 0.299 e. The Morgan fingerprint density at radius 3 is 2.57 bits per heavy atom. The third-order valence-corrected chi connectivity index (χ3v) is 2.74. The Bertz CT molecular complexity index is 388. The molecule has 0 N–H and O–H groups in total. The maximum Gasteiger partial charge on any atom is 0.137 e. The van der Waals surface area contributed by atoms with Gasteiger partial charge >= 0.3 is 0 Å². The van der Waals surface area contributed by atoms with Gasteiger partial charge in [-0.05, 0) is 30.0 Å². The van der Waals surface area contributed by atoms with Crippen LogP contribution in [0.2, 0.25) is 0 Å². The van der Waals surface area contributed by atoms with Crippen LogP contribution < -0.4 is 0 Å². The monoisotopic (exact) mass is 186 g/mol. The van der Waals surface area contributed by atoms with Crippen molar-refractivity contribution < 1.29 is 4.79 Å². The summed E-state index contributed by atoms with van der Waals surface area (Å²) in [6.45, 7) is 2.12. The van der Waals surface area contributed by atoms with E-state index in [0.29, 0.717) is 18.6 Å². The van der Waals surface area contributed by atoms with Gasteiger partial charge in [0.2, 0.25) is 0 Å². The van der Waals surface area contributed by atoms with Gasteiger partial charge < -0.3 is 0 Å². The summed E-state index contributed by atoms with van der Waals surface area (Å²) < 4.78 is 0. The van der Waals surface area contributed by atoms with Crippen LogP contribution in [-0.2, 0) is 4.79 Å². The molecule has 0 aromatic heterocycles. The molecule has 1 heteroatoms. The molecule has 0 aliphatic heterocycles. The van der Waals surface area contributed by atoms with E-state index >= 15 is 0 Å². The molecule has 0 atom stereocenters. The Morgan fingerprint density at radius 2 is 1.93 bits per heavy atom. The van der Waals surface area contributed by atoms with E-state index in [9.17, 15) is 4.79 Å². The van der Waals surface area contributed by atoms with Crippen LogP contribution in [-0.4, -0.2) is 5.78 Å². The fourth-order valence-electron chi connectivity index (χ4n) is 1.89. The molecule has 0 saturated heterocycles. The maximum atomic E-state index is 11.1. The second-order valence-corrected chi connectivity index (χ2v) is 3.79. The number of allylic oxidation sites excluding steroid dienone is 2. The minimum atomic E-state index is 0.363. The highest BCUT2D eigenvalue weighted by atomic mass is 16.1. The molecule has 0 saturated carbocycles. The molecule has 0 spiro atoms. The number of rotatable bonds is 1. The molecule has 1 aromatic carbocycles. The number of carbonyl (C=O) groups excluding carboxylic acids is 1. The van der Waals surface area contributed by atoms with Crippen molar-refractivity contribution in [2.45, 2.75) is 26.2 Å². The summed E-state index contributed by atoms with van der Waals surface area (Å²) in [6, 6.07) is 8.36. The Morgan fingerprint density at radius 1 is 1.14 bits per heavy atom. The van der Waals surface area contributed by atoms with E-state index < -0.39 is 0 Å². The Kier molecular flexibility index (Phi) is 2.49. The standard InChI is InChI=1S/C13H14O/c1-10-4-2-3-5-13(10)11-6-8-12(14)9-7-11/h2-6H,7-9H2,1H3. The molecule has 0 unspecified atom stereocenters. The number of carbonyl (C=O) groups is 1. The van der Waals surface area contributed by atoms with Crippen molar-refractivity contribution in [2.75, 3.05) is 0 Å². The van der Waals surface area contributed by atoms with Crippen LogP contribution in [0.3, 0.4) is 0 Å². The van der Waals surface area contributed by atoms with Gasteiger partial charge in [-0.15, -0.1) is 0 Å². The van der Waals surface area contributed by atoms with Crippen LogP contribution in [0.15, 0.2) is 30.3 Å². The summed E-state index contributed by atoms with van der Waals surface area (Å²) >= 11 is 0. The topological polar surface area (TPSA) is 17.1 Å². The van der Waals surface area contributed by atoms with Crippen molar-refractivity contribution in [2.24, 2.45) is 0 Å². The van der Waals surface area contributed by atoms with Crippen LogP contribution in [0.1, 0.15) is 30.4 Å². The summed E-state index contributed by atoms with van der Waals surface area (Å²) in [5.41, 5.74) is 3.94. The predicted molar refractivity (Wildman–Crippen MR) is 58.0 cm³/mol. The van der Waals surface area contributed by atoms with Crippen molar-refractivity contribution in [1.29, 1.82) is 0 Å². The van der Waals surface area contributed by atoms with Crippen LogP contribution in [0.5, 0.6) is 0 Å². The fraction of sp³-hybridized carbons (Fsp3) is 0.308. The van der Waals surface area contributed by atoms with Crippen LogP contribution in [0, 0.1) is 6.92 Å². The lowest BCUT2D eigenvalue weighted by molar-refractivity contribution is -0.118. The van der Waals surface area contributed by atoms with Crippen molar-refractivity contribution in [3.05, 3.63) is 41.5 Å². The predicted octanol–water partition coefficient (Wildman–Crippen LogP) is 3.13. The fourth-order valence-corrected chi connectivity index (χ4v) is 1.89. The molecule has 0 fully saturated rings. The molecule has 0 bridgehead atoms. The van der Waals surface area contributed by atoms with Gasteiger partial charge in [0.25, 0.3) is 0 Å². The third-order valence-electron chi connectivity index (χ3n) is 2.74. The average Bonchev–Trinajstić information content (AvgIpc) is 2.20. The summed E-state index contributed by atoms with van der Waals surface area (Å²) in [5, 5.41) is 0. The van der Waals surface area contributed by atoms with E-state index in [1.54, 1.807) is 0 Å². The van der Waals surface area contributed by atoms with Gasteiger partial charge in [0.15, 0.2) is 0 Å². The second kappa shape index (κ2) is 3.79. The molecule has 1 aromatic rings. The van der Waals surface area contributed by atoms with Crippen molar-refractivity contribution in [3.63, 3.8) is 0 Å². The number of hydrogen-bond donors (Lipinski definition) is 0. The first kappa shape index (κ1) is 9.20. The summed E-state index contributed by atoms with van der Waals surface area (Å²) in [4.78, 5) is 11.1. The molecule has 14 heavy (non-hydrogen) atoms. The molecule has 72 valence electrons. The SMILES string of the molecule is Cc1ccccc1C1=CCC(=O)CC1. The van der Waals surface area contributed by atoms with Gasteiger partial charge in [0.05, 0.1) is 0 Å². The summed E-state index contributed by atoms with van der Waals surface area (Å²) in [6.07, 6.45) is 4.31. The molecule has 1 aliphatic rings.